The first-order valence-corrected chi connectivity index (χ1v) is 11.9. The van der Waals surface area contributed by atoms with E-state index in [1.807, 2.05) is 81.4 Å². The summed E-state index contributed by atoms with van der Waals surface area (Å²) < 4.78 is 5.38. The molecule has 0 aliphatic heterocycles. The van der Waals surface area contributed by atoms with Gasteiger partial charge in [0.15, 0.2) is 6.10 Å². The van der Waals surface area contributed by atoms with Gasteiger partial charge in [-0.25, -0.2) is 9.59 Å². The molecule has 10 heteroatoms. The summed E-state index contributed by atoms with van der Waals surface area (Å²) in [5.41, 5.74) is 7.80. The number of amides is 1. The van der Waals surface area contributed by atoms with Crippen LogP contribution in [0.4, 0.5) is 4.79 Å². The van der Waals surface area contributed by atoms with Crippen molar-refractivity contribution in [2.75, 3.05) is 0 Å². The van der Waals surface area contributed by atoms with Gasteiger partial charge in [-0.1, -0.05) is 60.7 Å². The molecule has 0 aromatic heterocycles. The fourth-order valence-electron chi connectivity index (χ4n) is 3.31. The normalized spacial score (nSPS) is 14.2. The molecule has 2 aromatic carbocycles. The third kappa shape index (κ3) is 14.6. The Labute approximate surface area is 217 Å². The summed E-state index contributed by atoms with van der Waals surface area (Å²) in [6.07, 6.45) is -2.26. The van der Waals surface area contributed by atoms with Crippen LogP contribution in [0.15, 0.2) is 60.7 Å². The smallest absolute Gasteiger partial charge is 0.407 e. The third-order valence-corrected chi connectivity index (χ3v) is 5.03. The molecule has 2 aromatic rings. The molecule has 0 saturated carbocycles. The van der Waals surface area contributed by atoms with Crippen LogP contribution in [0, 0.1) is 0 Å². The number of benzene rings is 2. The van der Waals surface area contributed by atoms with E-state index in [4.69, 9.17) is 25.8 Å². The van der Waals surface area contributed by atoms with Gasteiger partial charge in [0.1, 0.15) is 5.60 Å². The zero-order valence-electron chi connectivity index (χ0n) is 21.4. The topological polar surface area (TPSA) is 179 Å². The maximum Gasteiger partial charge on any atom is 0.407 e. The number of carboxylic acids is 2. The Hall–Kier alpha value is -3.47. The molecule has 4 atom stereocenters. The molecule has 0 heterocycles. The lowest BCUT2D eigenvalue weighted by molar-refractivity contribution is -0.152. The predicted molar refractivity (Wildman–Crippen MR) is 138 cm³/mol. The Balaban J connectivity index is 0.000000649. The maximum absolute atomic E-state index is 12.3. The van der Waals surface area contributed by atoms with Crippen molar-refractivity contribution >= 4 is 18.0 Å². The summed E-state index contributed by atoms with van der Waals surface area (Å²) in [6, 6.07) is 19.0. The van der Waals surface area contributed by atoms with Gasteiger partial charge in [-0.15, -0.1) is 0 Å². The summed E-state index contributed by atoms with van der Waals surface area (Å²) in [7, 11) is 0. The maximum atomic E-state index is 12.3. The van der Waals surface area contributed by atoms with Gasteiger partial charge in [-0.05, 0) is 51.2 Å². The van der Waals surface area contributed by atoms with Crippen molar-refractivity contribution in [3.05, 3.63) is 71.8 Å². The molecule has 0 aliphatic carbocycles. The Morgan fingerprint density at radius 3 is 1.78 bits per heavy atom. The molecule has 0 radical (unpaired) electrons. The average Bonchev–Trinajstić information content (AvgIpc) is 2.79. The first-order chi connectivity index (χ1) is 17.3. The second-order valence-corrected chi connectivity index (χ2v) is 9.64. The minimum atomic E-state index is -1.79. The van der Waals surface area contributed by atoms with Gasteiger partial charge in [0, 0.05) is 12.1 Å². The molecule has 2 rings (SSSR count). The first-order valence-electron chi connectivity index (χ1n) is 11.9. The number of hydrogen-bond donors (Lipinski definition) is 6. The van der Waals surface area contributed by atoms with Gasteiger partial charge < -0.3 is 36.2 Å². The van der Waals surface area contributed by atoms with Crippen LogP contribution in [0.2, 0.25) is 0 Å². The first kappa shape index (κ1) is 31.6. The van der Waals surface area contributed by atoms with Gasteiger partial charge in [-0.2, -0.15) is 0 Å². The van der Waals surface area contributed by atoms with Crippen LogP contribution in [-0.4, -0.2) is 68.4 Å². The van der Waals surface area contributed by atoms with Gasteiger partial charge in [0.05, 0.1) is 12.5 Å². The van der Waals surface area contributed by atoms with E-state index in [2.05, 4.69) is 5.32 Å². The summed E-state index contributed by atoms with van der Waals surface area (Å²) in [4.78, 5) is 31.7. The minimum absolute atomic E-state index is 0.283. The molecule has 4 unspecified atom stereocenters. The van der Waals surface area contributed by atoms with E-state index in [9.17, 15) is 19.5 Å². The zero-order valence-corrected chi connectivity index (χ0v) is 21.4. The Morgan fingerprint density at radius 1 is 0.892 bits per heavy atom. The van der Waals surface area contributed by atoms with Crippen LogP contribution in [0.25, 0.3) is 0 Å². The largest absolute Gasteiger partial charge is 0.481 e. The van der Waals surface area contributed by atoms with Crippen LogP contribution in [0.3, 0.4) is 0 Å². The quantitative estimate of drug-likeness (QED) is 0.260. The molecule has 0 fully saturated rings. The molecule has 0 aliphatic rings. The molecule has 204 valence electrons. The number of nitrogens with one attached hydrogen (secondary N) is 1. The SMILES string of the molecule is CC(C)(C)OC(=O)NC(Cc1ccccc1)CC(O)C(N)Cc1ccccc1.O=C(O)CC(O)C(=O)O. The van der Waals surface area contributed by atoms with E-state index >= 15 is 0 Å². The molecule has 0 spiro atoms. The zero-order chi connectivity index (χ0) is 28.0. The summed E-state index contributed by atoms with van der Waals surface area (Å²) in [5, 5.41) is 37.7. The van der Waals surface area contributed by atoms with Gasteiger partial charge in [0.25, 0.3) is 0 Å². The Bertz CT molecular complexity index is 963. The molecule has 0 bridgehead atoms. The highest BCUT2D eigenvalue weighted by Gasteiger charge is 2.24. The van der Waals surface area contributed by atoms with Gasteiger partial charge in [-0.3, -0.25) is 4.79 Å². The van der Waals surface area contributed by atoms with E-state index in [-0.39, 0.29) is 6.04 Å². The number of carboxylic acid groups (broad SMARTS) is 2. The molecule has 37 heavy (non-hydrogen) atoms. The monoisotopic (exact) mass is 518 g/mol. The Morgan fingerprint density at radius 2 is 1.38 bits per heavy atom. The van der Waals surface area contributed by atoms with Crippen molar-refractivity contribution in [3.8, 4) is 0 Å². The van der Waals surface area contributed by atoms with Gasteiger partial charge in [0.2, 0.25) is 0 Å². The molecule has 1 amide bonds. The number of carbonyl (C=O) groups excluding carboxylic acids is 1. The Kier molecular flexibility index (Phi) is 13.3. The van der Waals surface area contributed by atoms with Crippen LogP contribution >= 0.6 is 0 Å². The standard InChI is InChI=1S/C23H32N2O3.C4H6O5/c1-23(2,3)28-22(27)25-19(14-17-10-6-4-7-11-17)16-21(26)20(24)15-18-12-8-5-9-13-18;5-2(4(8)9)1-3(6)7/h4-13,19-21,26H,14-16,24H2,1-3H3,(H,25,27);2,5H,1H2,(H,6,7)(H,8,9). The van der Waals surface area contributed by atoms with Crippen molar-refractivity contribution < 1.29 is 39.5 Å². The van der Waals surface area contributed by atoms with Crippen LogP contribution in [0.1, 0.15) is 44.7 Å². The van der Waals surface area contributed by atoms with E-state index in [0.29, 0.717) is 19.3 Å². The lowest BCUT2D eigenvalue weighted by Gasteiger charge is -2.27. The van der Waals surface area contributed by atoms with E-state index in [1.165, 1.54) is 0 Å². The third-order valence-electron chi connectivity index (χ3n) is 5.03. The molecule has 10 nitrogen and oxygen atoms in total. The fourth-order valence-corrected chi connectivity index (χ4v) is 3.31. The number of alkyl carbamates (subject to hydrolysis) is 1. The van der Waals surface area contributed by atoms with Crippen molar-refractivity contribution in [2.45, 2.75) is 76.3 Å². The molecule has 7 N–H and O–H groups in total. The predicted octanol–water partition coefficient (Wildman–Crippen LogP) is 2.35. The number of rotatable bonds is 11. The highest BCUT2D eigenvalue weighted by atomic mass is 16.6. The highest BCUT2D eigenvalue weighted by Crippen LogP contribution is 2.14. The van der Waals surface area contributed by atoms with Gasteiger partial charge >= 0.3 is 18.0 Å². The summed E-state index contributed by atoms with van der Waals surface area (Å²) in [6.45, 7) is 5.47. The lowest BCUT2D eigenvalue weighted by atomic mass is 9.94. The van der Waals surface area contributed by atoms with Crippen LogP contribution in [0.5, 0.6) is 0 Å². The van der Waals surface area contributed by atoms with Crippen LogP contribution in [-0.2, 0) is 27.2 Å². The van der Waals surface area contributed by atoms with E-state index < -0.39 is 48.3 Å². The van der Waals surface area contributed by atoms with Crippen LogP contribution < -0.4 is 11.1 Å². The molecule has 0 saturated heterocycles. The number of hydrogen-bond acceptors (Lipinski definition) is 7. The van der Waals surface area contributed by atoms with E-state index in [0.717, 1.165) is 11.1 Å². The second kappa shape index (κ2) is 15.6. The van der Waals surface area contributed by atoms with Crippen molar-refractivity contribution in [1.29, 1.82) is 0 Å². The van der Waals surface area contributed by atoms with Crippen molar-refractivity contribution in [3.63, 3.8) is 0 Å². The lowest BCUT2D eigenvalue weighted by Crippen LogP contribution is -2.46. The molecular weight excluding hydrogens is 480 g/mol. The number of ether oxygens (including phenoxy) is 1. The van der Waals surface area contributed by atoms with Crippen molar-refractivity contribution in [2.24, 2.45) is 5.73 Å². The number of aliphatic carboxylic acids is 2. The highest BCUT2D eigenvalue weighted by molar-refractivity contribution is 5.79. The average molecular weight is 519 g/mol. The minimum Gasteiger partial charge on any atom is -0.481 e. The number of nitrogens with two attached hydrogens (primary N) is 1. The number of aliphatic hydroxyl groups is 2. The summed E-state index contributed by atoms with van der Waals surface area (Å²) in [5.74, 6) is -2.85. The second-order valence-electron chi connectivity index (χ2n) is 9.64. The number of aliphatic hydroxyl groups excluding tert-OH is 2. The van der Waals surface area contributed by atoms with Crippen molar-refractivity contribution in [1.82, 2.24) is 5.32 Å². The number of carbonyl (C=O) groups is 3. The molecular formula is C27H38N2O8. The van der Waals surface area contributed by atoms with E-state index in [1.54, 1.807) is 0 Å². The fraction of sp³-hybridized carbons (Fsp3) is 0.444. The summed E-state index contributed by atoms with van der Waals surface area (Å²) >= 11 is 0.